The molecule has 0 aliphatic heterocycles. The number of hydrogen-bond donors (Lipinski definition) is 3. The zero-order valence-electron chi connectivity index (χ0n) is 17.3. The Bertz CT molecular complexity index is 1120. The summed E-state index contributed by atoms with van der Waals surface area (Å²) in [6, 6.07) is 30.2. The summed E-state index contributed by atoms with van der Waals surface area (Å²) in [6.07, 6.45) is 2.48. The van der Waals surface area contributed by atoms with Crippen molar-refractivity contribution < 1.29 is 15.3 Å². The van der Waals surface area contributed by atoms with E-state index in [1.54, 1.807) is 30.3 Å². The summed E-state index contributed by atoms with van der Waals surface area (Å²) < 4.78 is 0. The fraction of sp³-hybridized carbons (Fsp3) is 0.143. The van der Waals surface area contributed by atoms with E-state index in [1.807, 2.05) is 54.6 Å². The molecule has 0 aliphatic rings. The Hall–Kier alpha value is -3.72. The maximum atomic E-state index is 10.6. The second kappa shape index (κ2) is 9.40. The Kier molecular flexibility index (Phi) is 6.23. The van der Waals surface area contributed by atoms with Gasteiger partial charge in [0.15, 0.2) is 0 Å². The second-order valence-corrected chi connectivity index (χ2v) is 7.73. The molecule has 4 aromatic carbocycles. The van der Waals surface area contributed by atoms with E-state index in [0.29, 0.717) is 5.75 Å². The number of aryl methyl sites for hydroxylation is 2. The Morgan fingerprint density at radius 1 is 0.452 bits per heavy atom. The van der Waals surface area contributed by atoms with Crippen molar-refractivity contribution in [3.63, 3.8) is 0 Å². The van der Waals surface area contributed by atoms with Crippen LogP contribution < -0.4 is 0 Å². The molecule has 3 heteroatoms. The quantitative estimate of drug-likeness (QED) is 0.320. The molecule has 3 nitrogen and oxygen atoms in total. The third-order valence-corrected chi connectivity index (χ3v) is 5.75. The van der Waals surface area contributed by atoms with E-state index in [0.717, 1.165) is 47.1 Å². The summed E-state index contributed by atoms with van der Waals surface area (Å²) in [5, 5.41) is 31.3. The van der Waals surface area contributed by atoms with Crippen molar-refractivity contribution in [1.82, 2.24) is 0 Å². The van der Waals surface area contributed by atoms with Crippen LogP contribution in [0.4, 0.5) is 0 Å². The number of phenols is 3. The van der Waals surface area contributed by atoms with Crippen molar-refractivity contribution in [2.75, 3.05) is 0 Å². The number of benzene rings is 4. The molecule has 0 radical (unpaired) electrons. The molecule has 156 valence electrons. The smallest absolute Gasteiger partial charge is 0.119 e. The predicted molar refractivity (Wildman–Crippen MR) is 124 cm³/mol. The van der Waals surface area contributed by atoms with Crippen LogP contribution in [-0.2, 0) is 12.8 Å². The topological polar surface area (TPSA) is 60.7 Å². The van der Waals surface area contributed by atoms with E-state index in [1.165, 1.54) is 0 Å². The summed E-state index contributed by atoms with van der Waals surface area (Å²) in [6.45, 7) is 0. The average Bonchev–Trinajstić information content (AvgIpc) is 2.79. The van der Waals surface area contributed by atoms with E-state index in [-0.39, 0.29) is 17.4 Å². The molecule has 0 saturated heterocycles. The summed E-state index contributed by atoms with van der Waals surface area (Å²) in [5.41, 5.74) is 4.68. The largest absolute Gasteiger partial charge is 0.508 e. The predicted octanol–water partition coefficient (Wildman–Crippen LogP) is 6.16. The molecule has 0 saturated carbocycles. The lowest BCUT2D eigenvalue weighted by molar-refractivity contribution is 0.458. The highest BCUT2D eigenvalue weighted by Gasteiger charge is 2.24. The minimum Gasteiger partial charge on any atom is -0.508 e. The summed E-state index contributed by atoms with van der Waals surface area (Å²) in [5.74, 6) is 0.459. The molecular weight excluding hydrogens is 384 g/mol. The highest BCUT2D eigenvalue weighted by atomic mass is 16.3. The standard InChI is InChI=1S/C28H26O3/c29-25-17-6-2-11-21(25)13-9-12-20-10-1-3-14-22(20)28(23-15-4-7-18-26(23)30)24-16-5-8-19-27(24)31/h1-8,10-11,14-19,28-31H,9,12-13H2. The third-order valence-electron chi connectivity index (χ3n) is 5.75. The van der Waals surface area contributed by atoms with Gasteiger partial charge in [-0.2, -0.15) is 0 Å². The van der Waals surface area contributed by atoms with Gasteiger partial charge in [-0.25, -0.2) is 0 Å². The highest BCUT2D eigenvalue weighted by molar-refractivity contribution is 5.54. The van der Waals surface area contributed by atoms with Gasteiger partial charge in [-0.1, -0.05) is 78.9 Å². The van der Waals surface area contributed by atoms with E-state index >= 15 is 0 Å². The molecule has 0 spiro atoms. The van der Waals surface area contributed by atoms with Gasteiger partial charge in [0.05, 0.1) is 0 Å². The molecule has 3 N–H and O–H groups in total. The van der Waals surface area contributed by atoms with E-state index < -0.39 is 0 Å². The van der Waals surface area contributed by atoms with Crippen LogP contribution in [0.3, 0.4) is 0 Å². The fourth-order valence-electron chi connectivity index (χ4n) is 4.20. The van der Waals surface area contributed by atoms with Crippen molar-refractivity contribution >= 4 is 0 Å². The van der Waals surface area contributed by atoms with Crippen LogP contribution in [0.5, 0.6) is 17.2 Å². The van der Waals surface area contributed by atoms with Gasteiger partial charge in [-0.05, 0) is 54.2 Å². The van der Waals surface area contributed by atoms with Crippen molar-refractivity contribution in [3.05, 3.63) is 125 Å². The molecule has 4 rings (SSSR count). The Labute approximate surface area is 182 Å². The number of aromatic hydroxyl groups is 3. The van der Waals surface area contributed by atoms with Crippen LogP contribution in [-0.4, -0.2) is 15.3 Å². The third kappa shape index (κ3) is 4.56. The van der Waals surface area contributed by atoms with Crippen LogP contribution in [0, 0.1) is 0 Å². The lowest BCUT2D eigenvalue weighted by atomic mass is 9.81. The Morgan fingerprint density at radius 3 is 1.42 bits per heavy atom. The lowest BCUT2D eigenvalue weighted by Gasteiger charge is -2.23. The van der Waals surface area contributed by atoms with Crippen molar-refractivity contribution in [1.29, 1.82) is 0 Å². The first-order valence-electron chi connectivity index (χ1n) is 10.6. The maximum Gasteiger partial charge on any atom is 0.119 e. The summed E-state index contributed by atoms with van der Waals surface area (Å²) in [7, 11) is 0. The zero-order chi connectivity index (χ0) is 21.6. The van der Waals surface area contributed by atoms with Gasteiger partial charge in [-0.3, -0.25) is 0 Å². The molecule has 0 bridgehead atoms. The Morgan fingerprint density at radius 2 is 0.871 bits per heavy atom. The van der Waals surface area contributed by atoms with Crippen LogP contribution in [0.1, 0.15) is 40.2 Å². The molecule has 0 amide bonds. The van der Waals surface area contributed by atoms with Gasteiger partial charge in [0, 0.05) is 17.0 Å². The van der Waals surface area contributed by atoms with Gasteiger partial charge >= 0.3 is 0 Å². The monoisotopic (exact) mass is 410 g/mol. The van der Waals surface area contributed by atoms with Gasteiger partial charge in [0.25, 0.3) is 0 Å². The average molecular weight is 411 g/mol. The molecule has 0 aromatic heterocycles. The molecule has 0 heterocycles. The maximum absolute atomic E-state index is 10.6. The normalized spacial score (nSPS) is 11.0. The highest BCUT2D eigenvalue weighted by Crippen LogP contribution is 2.41. The first kappa shape index (κ1) is 20.5. The first-order chi connectivity index (χ1) is 15.1. The first-order valence-corrected chi connectivity index (χ1v) is 10.6. The molecule has 0 atom stereocenters. The summed E-state index contributed by atoms with van der Waals surface area (Å²) in [4.78, 5) is 0. The lowest BCUT2D eigenvalue weighted by Crippen LogP contribution is -2.08. The molecule has 31 heavy (non-hydrogen) atoms. The van der Waals surface area contributed by atoms with Gasteiger partial charge in [-0.15, -0.1) is 0 Å². The molecule has 0 fully saturated rings. The zero-order valence-corrected chi connectivity index (χ0v) is 17.3. The molecule has 0 unspecified atom stereocenters. The SMILES string of the molecule is Oc1ccccc1CCCc1ccccc1C(c1ccccc1O)c1ccccc1O. The minimum absolute atomic E-state index is 0.208. The van der Waals surface area contributed by atoms with Gasteiger partial charge in [0.1, 0.15) is 17.2 Å². The van der Waals surface area contributed by atoms with Crippen LogP contribution >= 0.6 is 0 Å². The van der Waals surface area contributed by atoms with Gasteiger partial charge in [0.2, 0.25) is 0 Å². The Balaban J connectivity index is 1.70. The van der Waals surface area contributed by atoms with E-state index in [2.05, 4.69) is 12.1 Å². The van der Waals surface area contributed by atoms with Crippen LogP contribution in [0.15, 0.2) is 97.1 Å². The summed E-state index contributed by atoms with van der Waals surface area (Å²) >= 11 is 0. The molecule has 0 aliphatic carbocycles. The van der Waals surface area contributed by atoms with Crippen molar-refractivity contribution in [3.8, 4) is 17.2 Å². The number of rotatable bonds is 7. The molecular formula is C28H26O3. The van der Waals surface area contributed by atoms with Crippen LogP contribution in [0.2, 0.25) is 0 Å². The van der Waals surface area contributed by atoms with E-state index in [4.69, 9.17) is 0 Å². The van der Waals surface area contributed by atoms with Crippen molar-refractivity contribution in [2.24, 2.45) is 0 Å². The van der Waals surface area contributed by atoms with Crippen LogP contribution in [0.25, 0.3) is 0 Å². The van der Waals surface area contributed by atoms with E-state index in [9.17, 15) is 15.3 Å². The fourth-order valence-corrected chi connectivity index (χ4v) is 4.20. The number of para-hydroxylation sites is 3. The van der Waals surface area contributed by atoms with Crippen molar-refractivity contribution in [2.45, 2.75) is 25.2 Å². The number of phenolic OH excluding ortho intramolecular Hbond substituents is 3. The minimum atomic E-state index is -0.288. The number of hydrogen-bond acceptors (Lipinski definition) is 3. The second-order valence-electron chi connectivity index (χ2n) is 7.73. The van der Waals surface area contributed by atoms with Gasteiger partial charge < -0.3 is 15.3 Å². The molecule has 4 aromatic rings.